The second kappa shape index (κ2) is 9.87. The van der Waals surface area contributed by atoms with Crippen LogP contribution in [0.1, 0.15) is 6.92 Å². The maximum Gasteiger partial charge on any atom is 0.344 e. The van der Waals surface area contributed by atoms with E-state index in [4.69, 9.17) is 20.0 Å². The third-order valence-corrected chi connectivity index (χ3v) is 6.76. The quantitative estimate of drug-likeness (QED) is 0.300. The first kappa shape index (κ1) is 24.6. The fourth-order valence-corrected chi connectivity index (χ4v) is 4.65. The van der Waals surface area contributed by atoms with E-state index in [-0.39, 0.29) is 11.7 Å². The number of aromatic nitrogens is 6. The molecule has 1 unspecified atom stereocenters. The van der Waals surface area contributed by atoms with E-state index < -0.39 is 17.9 Å². The highest BCUT2D eigenvalue weighted by atomic mass is 19.1. The molecule has 1 aliphatic rings. The summed E-state index contributed by atoms with van der Waals surface area (Å²) < 4.78 is 28.7. The van der Waals surface area contributed by atoms with Crippen molar-refractivity contribution in [3.8, 4) is 17.3 Å². The van der Waals surface area contributed by atoms with Crippen LogP contribution in [0.3, 0.4) is 0 Å². The molecule has 0 amide bonds. The summed E-state index contributed by atoms with van der Waals surface area (Å²) in [5, 5.41) is 18.6. The molecular weight excluding hydrogens is 509 g/mol. The van der Waals surface area contributed by atoms with Crippen LogP contribution in [-0.2, 0) is 11.3 Å². The number of aliphatic carboxylic acids is 1. The number of piperazine rings is 1. The monoisotopic (exact) mass is 535 g/mol. The Morgan fingerprint density at radius 1 is 1.18 bits per heavy atom. The van der Waals surface area contributed by atoms with Crippen LogP contribution in [0.15, 0.2) is 47.2 Å². The van der Waals surface area contributed by atoms with Crippen LogP contribution in [0, 0.1) is 5.82 Å². The van der Waals surface area contributed by atoms with Gasteiger partial charge in [0.2, 0.25) is 11.8 Å². The summed E-state index contributed by atoms with van der Waals surface area (Å²) in [6.07, 6.45) is 2.21. The lowest BCUT2D eigenvalue weighted by Gasteiger charge is -2.36. The first-order valence-corrected chi connectivity index (χ1v) is 12.5. The molecule has 0 bridgehead atoms. The van der Waals surface area contributed by atoms with Crippen molar-refractivity contribution in [3.05, 3.63) is 48.6 Å². The minimum Gasteiger partial charge on any atom is -0.479 e. The molecule has 0 saturated carbocycles. The van der Waals surface area contributed by atoms with Gasteiger partial charge in [0, 0.05) is 38.8 Å². The Balaban J connectivity index is 1.10. The van der Waals surface area contributed by atoms with Crippen LogP contribution in [0.4, 0.5) is 16.0 Å². The molecule has 4 aromatic heterocycles. The zero-order valence-corrected chi connectivity index (χ0v) is 21.1. The van der Waals surface area contributed by atoms with E-state index in [0.29, 0.717) is 48.2 Å². The fourth-order valence-electron chi connectivity index (χ4n) is 4.65. The molecule has 1 atom stereocenters. The molecule has 1 aliphatic heterocycles. The van der Waals surface area contributed by atoms with Gasteiger partial charge in [-0.25, -0.2) is 18.9 Å². The highest BCUT2D eigenvalue weighted by molar-refractivity contribution is 5.90. The molecule has 39 heavy (non-hydrogen) atoms. The van der Waals surface area contributed by atoms with Crippen molar-refractivity contribution in [2.45, 2.75) is 19.6 Å². The lowest BCUT2D eigenvalue weighted by Crippen LogP contribution is -2.47. The number of ether oxygens (including phenoxy) is 1. The molecule has 5 aromatic rings. The van der Waals surface area contributed by atoms with Crippen LogP contribution in [0.2, 0.25) is 0 Å². The summed E-state index contributed by atoms with van der Waals surface area (Å²) in [5.74, 6) is -0.209. The van der Waals surface area contributed by atoms with Crippen LogP contribution in [-0.4, -0.2) is 84.2 Å². The summed E-state index contributed by atoms with van der Waals surface area (Å²) in [7, 11) is 0. The second-order valence-corrected chi connectivity index (χ2v) is 9.26. The van der Waals surface area contributed by atoms with Crippen molar-refractivity contribution in [2.75, 3.05) is 43.4 Å². The van der Waals surface area contributed by atoms with Crippen LogP contribution >= 0.6 is 0 Å². The fraction of sp³-hybridized carbons (Fsp3) is 0.320. The Kier molecular flexibility index (Phi) is 6.23. The van der Waals surface area contributed by atoms with Crippen molar-refractivity contribution in [3.63, 3.8) is 0 Å². The van der Waals surface area contributed by atoms with Gasteiger partial charge in [-0.1, -0.05) is 0 Å². The van der Waals surface area contributed by atoms with Gasteiger partial charge in [0.15, 0.2) is 23.2 Å². The number of fused-ring (bicyclic) bond motifs is 3. The number of nitrogen functional groups attached to an aromatic ring is 1. The van der Waals surface area contributed by atoms with Gasteiger partial charge in [-0.3, -0.25) is 4.90 Å². The van der Waals surface area contributed by atoms with E-state index in [0.717, 1.165) is 25.0 Å². The zero-order chi connectivity index (χ0) is 27.1. The number of carboxylic acids is 1. The zero-order valence-electron chi connectivity index (χ0n) is 21.1. The molecule has 1 fully saturated rings. The highest BCUT2D eigenvalue weighted by Crippen LogP contribution is 2.26. The van der Waals surface area contributed by atoms with E-state index >= 15 is 0 Å². The third kappa shape index (κ3) is 4.69. The summed E-state index contributed by atoms with van der Waals surface area (Å²) >= 11 is 0. The summed E-state index contributed by atoms with van der Waals surface area (Å²) in [6.45, 7) is 5.48. The van der Waals surface area contributed by atoms with E-state index in [1.165, 1.54) is 17.5 Å². The molecular formula is C25H26FN9O4. The molecule has 0 spiro atoms. The average molecular weight is 536 g/mol. The molecule has 1 aromatic carbocycles. The number of rotatable bonds is 8. The Hall–Kier alpha value is -4.72. The average Bonchev–Trinajstić information content (AvgIpc) is 3.68. The molecule has 5 heterocycles. The van der Waals surface area contributed by atoms with E-state index in [1.807, 2.05) is 4.90 Å². The van der Waals surface area contributed by atoms with Gasteiger partial charge in [0.1, 0.15) is 11.6 Å². The molecule has 1 saturated heterocycles. The normalized spacial score (nSPS) is 15.3. The van der Waals surface area contributed by atoms with E-state index in [1.54, 1.807) is 41.4 Å². The van der Waals surface area contributed by atoms with Gasteiger partial charge in [-0.05, 0) is 31.2 Å². The van der Waals surface area contributed by atoms with Gasteiger partial charge in [-0.15, -0.1) is 5.10 Å². The van der Waals surface area contributed by atoms with Gasteiger partial charge >= 0.3 is 5.97 Å². The topological polar surface area (TPSA) is 153 Å². The largest absolute Gasteiger partial charge is 0.479 e. The van der Waals surface area contributed by atoms with Gasteiger partial charge in [-0.2, -0.15) is 14.6 Å². The maximum atomic E-state index is 14.8. The molecule has 3 N–H and O–H groups in total. The highest BCUT2D eigenvalue weighted by Gasteiger charge is 2.22. The van der Waals surface area contributed by atoms with Crippen molar-refractivity contribution >= 4 is 34.3 Å². The first-order valence-electron chi connectivity index (χ1n) is 12.5. The van der Waals surface area contributed by atoms with Crippen molar-refractivity contribution in [1.82, 2.24) is 34.3 Å². The summed E-state index contributed by atoms with van der Waals surface area (Å²) in [5.41, 5.74) is 7.83. The van der Waals surface area contributed by atoms with Gasteiger partial charge < -0.3 is 24.9 Å². The number of halogens is 1. The van der Waals surface area contributed by atoms with Crippen LogP contribution in [0.5, 0.6) is 5.75 Å². The lowest BCUT2D eigenvalue weighted by molar-refractivity contribution is -0.144. The number of nitrogens with two attached hydrogens (primary N) is 1. The number of hydrogen-bond acceptors (Lipinski definition) is 10. The molecule has 13 nitrogen and oxygen atoms in total. The first-order chi connectivity index (χ1) is 18.9. The van der Waals surface area contributed by atoms with E-state index in [9.17, 15) is 9.18 Å². The van der Waals surface area contributed by atoms with Gasteiger partial charge in [0.25, 0.3) is 0 Å². The predicted octanol–water partition coefficient (Wildman–Crippen LogP) is 2.13. The smallest absolute Gasteiger partial charge is 0.344 e. The Morgan fingerprint density at radius 2 is 2.00 bits per heavy atom. The van der Waals surface area contributed by atoms with Crippen molar-refractivity contribution < 1.29 is 23.4 Å². The number of nitrogens with zero attached hydrogens (tertiary/aromatic N) is 8. The number of furan rings is 1. The molecule has 0 aliphatic carbocycles. The summed E-state index contributed by atoms with van der Waals surface area (Å²) in [6, 6.07) is 7.99. The second-order valence-electron chi connectivity index (χ2n) is 9.26. The summed E-state index contributed by atoms with van der Waals surface area (Å²) in [4.78, 5) is 24.3. The lowest BCUT2D eigenvalue weighted by atomic mass is 10.2. The molecule has 6 rings (SSSR count). The van der Waals surface area contributed by atoms with Crippen LogP contribution in [0.25, 0.3) is 28.3 Å². The van der Waals surface area contributed by atoms with Crippen LogP contribution < -0.4 is 15.4 Å². The Morgan fingerprint density at radius 3 is 2.72 bits per heavy atom. The van der Waals surface area contributed by atoms with Gasteiger partial charge in [0.05, 0.1) is 30.1 Å². The number of carboxylic acid groups (broad SMARTS) is 1. The Labute approximate surface area is 221 Å². The minimum atomic E-state index is -1.11. The SMILES string of the molecule is CC(Oc1ccc(N2CCN(CCn3ncc4c3nc(N)n3nc(-c5ccco5)nc43)CC2)c(F)c1)C(=O)O. The number of anilines is 2. The van der Waals surface area contributed by atoms with E-state index in [2.05, 4.69) is 25.1 Å². The molecule has 202 valence electrons. The Bertz CT molecular complexity index is 1640. The van der Waals surface area contributed by atoms with Crippen molar-refractivity contribution in [2.24, 2.45) is 0 Å². The minimum absolute atomic E-state index is 0.186. The number of hydrogen-bond donors (Lipinski definition) is 2. The van der Waals surface area contributed by atoms with Crippen molar-refractivity contribution in [1.29, 1.82) is 0 Å². The number of carbonyl (C=O) groups is 1. The predicted molar refractivity (Wildman–Crippen MR) is 139 cm³/mol. The third-order valence-electron chi connectivity index (χ3n) is 6.76. The molecule has 14 heteroatoms. The standard InChI is InChI=1S/C25H26FN9O4/c1-15(24(36)37)39-16-4-5-19(18(26)13-16)33-9-6-32(7-10-33)8-11-34-22-17(14-28-34)23-29-21(20-3-2-12-38-20)31-35(23)25(27)30-22/h2-5,12-15H,6-11H2,1H3,(H2,27,30)(H,36,37). The molecule has 0 radical (unpaired) electrons. The number of benzene rings is 1. The maximum absolute atomic E-state index is 14.8.